The lowest BCUT2D eigenvalue weighted by Gasteiger charge is -2.17. The molecule has 0 saturated carbocycles. The molecule has 0 aliphatic carbocycles. The quantitative estimate of drug-likeness (QED) is 0.237. The van der Waals surface area contributed by atoms with Crippen molar-refractivity contribution in [1.82, 2.24) is 0 Å². The highest BCUT2D eigenvalue weighted by Gasteiger charge is 2.18. The number of aryl methyl sites for hydroxylation is 4. The van der Waals surface area contributed by atoms with Crippen molar-refractivity contribution in [2.45, 2.75) is 40.3 Å². The van der Waals surface area contributed by atoms with E-state index in [0.717, 1.165) is 27.9 Å². The van der Waals surface area contributed by atoms with Gasteiger partial charge in [-0.2, -0.15) is 0 Å². The summed E-state index contributed by atoms with van der Waals surface area (Å²) in [4.78, 5) is 0. The monoisotopic (exact) mass is 442 g/mol. The molecule has 0 aliphatic rings. The maximum absolute atomic E-state index is 8.35. The van der Waals surface area contributed by atoms with Gasteiger partial charge in [-0.15, -0.1) is 0 Å². The molecule has 0 aliphatic heterocycles. The Morgan fingerprint density at radius 2 is 1.38 bits per heavy atom. The number of hydrogen-bond acceptors (Lipinski definition) is 0. The van der Waals surface area contributed by atoms with E-state index in [4.69, 9.17) is 8.22 Å². The molecule has 1 heterocycles. The Balaban J connectivity index is 1.96. The molecule has 0 N–H and O–H groups in total. The summed E-state index contributed by atoms with van der Waals surface area (Å²) in [6.07, 6.45) is 1.61. The van der Waals surface area contributed by atoms with Gasteiger partial charge in [0.2, 0.25) is 5.69 Å². The molecule has 32 heavy (non-hydrogen) atoms. The summed E-state index contributed by atoms with van der Waals surface area (Å²) in [5, 5.41) is 1.33. The molecule has 1 aromatic heterocycles. The Hall–Kier alpha value is -2.97. The molecule has 0 unspecified atom stereocenters. The third-order valence-corrected chi connectivity index (χ3v) is 8.15. The third kappa shape index (κ3) is 4.33. The van der Waals surface area contributed by atoms with Crippen molar-refractivity contribution >= 4 is 13.3 Å². The highest BCUT2D eigenvalue weighted by Crippen LogP contribution is 2.32. The highest BCUT2D eigenvalue weighted by atomic mass is 28.3. The van der Waals surface area contributed by atoms with Crippen LogP contribution in [0.1, 0.15) is 24.9 Å². The van der Waals surface area contributed by atoms with E-state index < -0.39 is 21.8 Å². The topological polar surface area (TPSA) is 3.88 Å². The van der Waals surface area contributed by atoms with Crippen LogP contribution in [0.3, 0.4) is 0 Å². The summed E-state index contributed by atoms with van der Waals surface area (Å²) in [5.74, 6) is 0. The van der Waals surface area contributed by atoms with Crippen LogP contribution in [0.15, 0.2) is 79.0 Å². The zero-order valence-electron chi connectivity index (χ0n) is 25.5. The van der Waals surface area contributed by atoms with Gasteiger partial charge in [-0.05, 0) is 60.1 Å². The molecule has 1 nitrogen and oxygen atoms in total. The highest BCUT2D eigenvalue weighted by molar-refractivity contribution is 6.88. The lowest BCUT2D eigenvalue weighted by Crippen LogP contribution is -2.37. The van der Waals surface area contributed by atoms with Gasteiger partial charge < -0.3 is 0 Å². The van der Waals surface area contributed by atoms with Crippen LogP contribution < -0.4 is 9.75 Å². The van der Waals surface area contributed by atoms with E-state index in [0.29, 0.717) is 11.1 Å². The van der Waals surface area contributed by atoms with Crippen molar-refractivity contribution in [1.29, 1.82) is 0 Å². The summed E-state index contributed by atoms with van der Waals surface area (Å²) in [7, 11) is 0.355. The number of aromatic nitrogens is 1. The van der Waals surface area contributed by atoms with Gasteiger partial charge in [-0.25, -0.2) is 4.57 Å². The first kappa shape index (κ1) is 15.8. The normalized spacial score (nSPS) is 15.2. The maximum Gasteiger partial charge on any atom is 0.213 e. The van der Waals surface area contributed by atoms with Crippen LogP contribution in [0.4, 0.5) is 0 Å². The Bertz CT molecular complexity index is 1480. The van der Waals surface area contributed by atoms with E-state index in [1.54, 1.807) is 22.9 Å². The predicted octanol–water partition coefficient (Wildman–Crippen LogP) is 6.98. The largest absolute Gasteiger partial charge is 0.213 e. The van der Waals surface area contributed by atoms with Crippen LogP contribution in [0.5, 0.6) is 0 Å². The van der Waals surface area contributed by atoms with Crippen molar-refractivity contribution < 1.29 is 12.8 Å². The SMILES string of the molecule is [2H]C([2H])([2H])c1cc(-c2ccc([Si](C)(C)C)cc2)ccc1-c1cc(-c2ccccc2C)[n+](C)cc1C([2H])([2H])[2H]. The Kier molecular flexibility index (Phi) is 4.20. The van der Waals surface area contributed by atoms with Gasteiger partial charge in [0, 0.05) is 25.4 Å². The zero-order chi connectivity index (χ0) is 28.0. The average molecular weight is 443 g/mol. The fourth-order valence-electron chi connectivity index (χ4n) is 4.12. The van der Waals surface area contributed by atoms with Gasteiger partial charge in [0.15, 0.2) is 6.20 Å². The molecule has 0 amide bonds. The second-order valence-corrected chi connectivity index (χ2v) is 14.6. The molecule has 4 aromatic rings. The Morgan fingerprint density at radius 1 is 0.688 bits per heavy atom. The summed E-state index contributed by atoms with van der Waals surface area (Å²) in [6.45, 7) is 4.01. The minimum atomic E-state index is -2.43. The van der Waals surface area contributed by atoms with Gasteiger partial charge in [-0.1, -0.05) is 85.5 Å². The fraction of sp³-hybridized carbons (Fsp3) is 0.233. The molecule has 0 radical (unpaired) electrons. The van der Waals surface area contributed by atoms with Crippen molar-refractivity contribution in [3.63, 3.8) is 0 Å². The maximum atomic E-state index is 8.35. The lowest BCUT2D eigenvalue weighted by molar-refractivity contribution is -0.660. The van der Waals surface area contributed by atoms with Crippen molar-refractivity contribution in [3.05, 3.63) is 95.7 Å². The van der Waals surface area contributed by atoms with E-state index >= 15 is 0 Å². The molecule has 0 bridgehead atoms. The molecular weight excluding hydrogens is 402 g/mol. The second kappa shape index (κ2) is 8.52. The van der Waals surface area contributed by atoms with Gasteiger partial charge in [-0.3, -0.25) is 0 Å². The first-order chi connectivity index (χ1) is 17.6. The minimum Gasteiger partial charge on any atom is -0.201 e. The first-order valence-electron chi connectivity index (χ1n) is 13.9. The first-order valence-corrected chi connectivity index (χ1v) is 14.4. The second-order valence-electron chi connectivity index (χ2n) is 9.50. The van der Waals surface area contributed by atoms with Crippen LogP contribution in [-0.2, 0) is 7.05 Å². The van der Waals surface area contributed by atoms with Gasteiger partial charge in [0.25, 0.3) is 0 Å². The number of hydrogen-bond donors (Lipinski definition) is 0. The smallest absolute Gasteiger partial charge is 0.201 e. The molecule has 0 fully saturated rings. The van der Waals surface area contributed by atoms with Crippen LogP contribution >= 0.6 is 0 Å². The summed E-state index contributed by atoms with van der Waals surface area (Å²) >= 11 is 0. The number of pyridine rings is 1. The van der Waals surface area contributed by atoms with E-state index in [-0.39, 0.29) is 11.1 Å². The molecule has 4 rings (SSSR count). The molecule has 0 saturated heterocycles. The molecule has 0 spiro atoms. The summed E-state index contributed by atoms with van der Waals surface area (Å²) in [6, 6.07) is 23.4. The summed E-state index contributed by atoms with van der Waals surface area (Å²) in [5.41, 5.74) is 5.62. The van der Waals surface area contributed by atoms with E-state index in [1.807, 2.05) is 62.5 Å². The van der Waals surface area contributed by atoms with Crippen molar-refractivity contribution in [3.8, 4) is 33.5 Å². The van der Waals surface area contributed by atoms with Crippen LogP contribution in [0, 0.1) is 20.6 Å². The van der Waals surface area contributed by atoms with E-state index in [2.05, 4.69) is 31.8 Å². The molecule has 3 aromatic carbocycles. The zero-order valence-corrected chi connectivity index (χ0v) is 20.5. The lowest BCUT2D eigenvalue weighted by atomic mass is 9.92. The number of nitrogens with zero attached hydrogens (tertiary/aromatic N) is 1. The van der Waals surface area contributed by atoms with Gasteiger partial charge in [0.1, 0.15) is 7.05 Å². The van der Waals surface area contributed by atoms with Crippen LogP contribution in [0.2, 0.25) is 19.6 Å². The van der Waals surface area contributed by atoms with Gasteiger partial charge in [0.05, 0.1) is 8.07 Å². The Morgan fingerprint density at radius 3 is 2.03 bits per heavy atom. The van der Waals surface area contributed by atoms with E-state index in [1.165, 1.54) is 5.19 Å². The third-order valence-electron chi connectivity index (χ3n) is 6.09. The number of benzene rings is 3. The van der Waals surface area contributed by atoms with Gasteiger partial charge >= 0.3 is 0 Å². The molecule has 0 atom stereocenters. The number of rotatable bonds is 4. The fourth-order valence-corrected chi connectivity index (χ4v) is 5.29. The summed E-state index contributed by atoms with van der Waals surface area (Å²) < 4.78 is 51.6. The minimum absolute atomic E-state index is 0.120. The average Bonchev–Trinajstić information content (AvgIpc) is 2.82. The Labute approximate surface area is 202 Å². The molecular formula is C30H34NSi+. The standard InChI is InChI=1S/C30H34NSi/c1-21-10-8-9-11-28(21)30-19-29(23(3)20-31(30)4)27-17-14-25(18-22(27)2)24-12-15-26(16-13-24)32(5,6)7/h8-20H,1-7H3/q+1/i2D3,3D3. The van der Waals surface area contributed by atoms with Crippen molar-refractivity contribution in [2.75, 3.05) is 0 Å². The predicted molar refractivity (Wildman–Crippen MR) is 141 cm³/mol. The van der Waals surface area contributed by atoms with E-state index in [9.17, 15) is 0 Å². The van der Waals surface area contributed by atoms with Crippen molar-refractivity contribution in [2.24, 2.45) is 7.05 Å². The molecule has 162 valence electrons. The molecule has 2 heteroatoms. The van der Waals surface area contributed by atoms with Crippen LogP contribution in [-0.4, -0.2) is 8.07 Å². The van der Waals surface area contributed by atoms with Crippen LogP contribution in [0.25, 0.3) is 33.5 Å².